The minimum absolute atomic E-state index is 0.121. The number of carbonyl (C=O) groups excluding carboxylic acids is 2. The van der Waals surface area contributed by atoms with Crippen molar-refractivity contribution in [1.82, 2.24) is 0 Å². The molecule has 0 aromatic heterocycles. The van der Waals surface area contributed by atoms with Gasteiger partial charge < -0.3 is 10.1 Å². The fourth-order valence-electron chi connectivity index (χ4n) is 2.51. The molecule has 3 rings (SSSR count). The van der Waals surface area contributed by atoms with Crippen molar-refractivity contribution < 1.29 is 14.3 Å². The van der Waals surface area contributed by atoms with E-state index in [9.17, 15) is 14.9 Å². The lowest BCUT2D eigenvalue weighted by Gasteiger charge is -2.09. The Morgan fingerprint density at radius 2 is 1.77 bits per heavy atom. The second kappa shape index (κ2) is 10.1. The van der Waals surface area contributed by atoms with Crippen LogP contribution in [0.2, 0.25) is 5.02 Å². The predicted octanol–water partition coefficient (Wildman–Crippen LogP) is 5.71. The molecule has 0 aliphatic rings. The van der Waals surface area contributed by atoms with Crippen LogP contribution in [-0.2, 0) is 4.79 Å². The van der Waals surface area contributed by atoms with Crippen LogP contribution in [0.3, 0.4) is 0 Å². The van der Waals surface area contributed by atoms with Gasteiger partial charge in [-0.25, -0.2) is 4.79 Å². The van der Waals surface area contributed by atoms with E-state index in [4.69, 9.17) is 16.3 Å². The van der Waals surface area contributed by atoms with Crippen LogP contribution in [0.25, 0.3) is 6.08 Å². The molecule has 148 valence electrons. The van der Waals surface area contributed by atoms with Crippen molar-refractivity contribution in [3.8, 4) is 11.8 Å². The number of hydrogen-bond donors (Lipinski definition) is 1. The van der Waals surface area contributed by atoms with E-state index in [1.165, 1.54) is 6.08 Å². The highest BCUT2D eigenvalue weighted by molar-refractivity contribution is 14.1. The van der Waals surface area contributed by atoms with Gasteiger partial charge in [0.25, 0.3) is 5.91 Å². The van der Waals surface area contributed by atoms with Crippen molar-refractivity contribution in [3.05, 3.63) is 98.1 Å². The Balaban J connectivity index is 1.83. The molecule has 0 saturated heterocycles. The first kappa shape index (κ1) is 21.6. The zero-order chi connectivity index (χ0) is 21.5. The molecule has 30 heavy (non-hydrogen) atoms. The van der Waals surface area contributed by atoms with Crippen LogP contribution in [0.15, 0.2) is 78.4 Å². The standard InChI is InChI=1S/C23H14ClIN2O3/c24-18-10-8-15(9-11-18)23(29)30-21-7-2-1-4-16(21)12-17(14-26)22(28)27-20-6-3-5-19(25)13-20/h1-13H,(H,27,28)/b17-12+. The summed E-state index contributed by atoms with van der Waals surface area (Å²) in [5.74, 6) is -0.903. The monoisotopic (exact) mass is 528 g/mol. The lowest BCUT2D eigenvalue weighted by molar-refractivity contribution is -0.112. The van der Waals surface area contributed by atoms with Gasteiger partial charge in [0.1, 0.15) is 17.4 Å². The van der Waals surface area contributed by atoms with Crippen molar-refractivity contribution in [1.29, 1.82) is 5.26 Å². The van der Waals surface area contributed by atoms with Crippen LogP contribution in [0.1, 0.15) is 15.9 Å². The summed E-state index contributed by atoms with van der Waals surface area (Å²) in [5, 5.41) is 12.7. The van der Waals surface area contributed by atoms with Gasteiger partial charge in [-0.3, -0.25) is 4.79 Å². The van der Waals surface area contributed by atoms with E-state index in [0.717, 1.165) is 3.57 Å². The maximum atomic E-state index is 12.5. The SMILES string of the molecule is N#C/C(=C\c1ccccc1OC(=O)c1ccc(Cl)cc1)C(=O)Nc1cccc(I)c1. The van der Waals surface area contributed by atoms with Crippen molar-refractivity contribution in [2.75, 3.05) is 5.32 Å². The first-order valence-electron chi connectivity index (χ1n) is 8.72. The summed E-state index contributed by atoms with van der Waals surface area (Å²) in [5.41, 5.74) is 1.21. The topological polar surface area (TPSA) is 79.2 Å². The van der Waals surface area contributed by atoms with Gasteiger partial charge in [0.05, 0.1) is 5.56 Å². The van der Waals surface area contributed by atoms with Gasteiger partial charge in [0.15, 0.2) is 0 Å². The van der Waals surface area contributed by atoms with E-state index in [2.05, 4.69) is 27.9 Å². The highest BCUT2D eigenvalue weighted by atomic mass is 127. The number of nitrogens with zero attached hydrogens (tertiary/aromatic N) is 1. The molecule has 1 N–H and O–H groups in total. The number of nitriles is 1. The number of ether oxygens (including phenoxy) is 1. The molecule has 0 aliphatic carbocycles. The molecule has 0 bridgehead atoms. The molecule has 0 fully saturated rings. The number of hydrogen-bond acceptors (Lipinski definition) is 4. The molecule has 0 aliphatic heterocycles. The molecule has 0 unspecified atom stereocenters. The minimum Gasteiger partial charge on any atom is -0.422 e. The molecule has 3 aromatic carbocycles. The average Bonchev–Trinajstić information content (AvgIpc) is 2.73. The lowest BCUT2D eigenvalue weighted by atomic mass is 10.1. The Morgan fingerprint density at radius 1 is 1.03 bits per heavy atom. The summed E-state index contributed by atoms with van der Waals surface area (Å²) >= 11 is 7.98. The van der Waals surface area contributed by atoms with Crippen molar-refractivity contribution >= 4 is 57.8 Å². The molecule has 0 spiro atoms. The number of esters is 1. The van der Waals surface area contributed by atoms with E-state index in [1.54, 1.807) is 66.7 Å². The Hall–Kier alpha value is -3.15. The number of rotatable bonds is 5. The normalized spacial score (nSPS) is 10.8. The van der Waals surface area contributed by atoms with E-state index < -0.39 is 11.9 Å². The number of carbonyl (C=O) groups is 2. The maximum Gasteiger partial charge on any atom is 0.343 e. The predicted molar refractivity (Wildman–Crippen MR) is 124 cm³/mol. The summed E-state index contributed by atoms with van der Waals surface area (Å²) in [6.07, 6.45) is 1.38. The molecule has 3 aromatic rings. The fraction of sp³-hybridized carbons (Fsp3) is 0. The quantitative estimate of drug-likeness (QED) is 0.151. The molecular formula is C23H14ClIN2O3. The first-order chi connectivity index (χ1) is 14.5. The molecule has 0 radical (unpaired) electrons. The molecule has 0 saturated carbocycles. The van der Waals surface area contributed by atoms with Crippen LogP contribution < -0.4 is 10.1 Å². The number of halogens is 2. The molecule has 5 nitrogen and oxygen atoms in total. The number of para-hydroxylation sites is 1. The molecule has 0 heterocycles. The zero-order valence-corrected chi connectivity index (χ0v) is 18.3. The van der Waals surface area contributed by atoms with Crippen LogP contribution >= 0.6 is 34.2 Å². The fourth-order valence-corrected chi connectivity index (χ4v) is 3.18. The smallest absolute Gasteiger partial charge is 0.343 e. The third-order valence-corrected chi connectivity index (χ3v) is 4.87. The van der Waals surface area contributed by atoms with Crippen molar-refractivity contribution in [2.24, 2.45) is 0 Å². The zero-order valence-electron chi connectivity index (χ0n) is 15.4. The molecule has 0 atom stereocenters. The van der Waals surface area contributed by atoms with E-state index >= 15 is 0 Å². The third kappa shape index (κ3) is 5.69. The Labute approximate surface area is 192 Å². The summed E-state index contributed by atoms with van der Waals surface area (Å²) in [6.45, 7) is 0. The highest BCUT2D eigenvalue weighted by Crippen LogP contribution is 2.23. The van der Waals surface area contributed by atoms with Gasteiger partial charge in [-0.05, 0) is 77.2 Å². The van der Waals surface area contributed by atoms with Crippen molar-refractivity contribution in [2.45, 2.75) is 0 Å². The van der Waals surface area contributed by atoms with Gasteiger partial charge >= 0.3 is 5.97 Å². The summed E-state index contributed by atoms with van der Waals surface area (Å²) < 4.78 is 6.41. The van der Waals surface area contributed by atoms with Gasteiger partial charge in [0, 0.05) is 19.8 Å². The second-order valence-electron chi connectivity index (χ2n) is 6.07. The van der Waals surface area contributed by atoms with Gasteiger partial charge in [-0.15, -0.1) is 0 Å². The number of benzene rings is 3. The highest BCUT2D eigenvalue weighted by Gasteiger charge is 2.14. The number of anilines is 1. The maximum absolute atomic E-state index is 12.5. The van der Waals surface area contributed by atoms with Crippen LogP contribution in [0.5, 0.6) is 5.75 Å². The van der Waals surface area contributed by atoms with Crippen LogP contribution in [0, 0.1) is 14.9 Å². The summed E-state index contributed by atoms with van der Waals surface area (Å²) in [7, 11) is 0. The van der Waals surface area contributed by atoms with Crippen LogP contribution in [-0.4, -0.2) is 11.9 Å². The number of amides is 1. The van der Waals surface area contributed by atoms with E-state index in [0.29, 0.717) is 21.8 Å². The second-order valence-corrected chi connectivity index (χ2v) is 7.75. The largest absolute Gasteiger partial charge is 0.422 e. The van der Waals surface area contributed by atoms with Gasteiger partial charge in [-0.2, -0.15) is 5.26 Å². The van der Waals surface area contributed by atoms with E-state index in [-0.39, 0.29) is 11.3 Å². The minimum atomic E-state index is -0.575. The lowest BCUT2D eigenvalue weighted by Crippen LogP contribution is -2.14. The van der Waals surface area contributed by atoms with Gasteiger partial charge in [0.2, 0.25) is 0 Å². The molecule has 1 amide bonds. The Bertz CT molecular complexity index is 1170. The third-order valence-electron chi connectivity index (χ3n) is 3.95. The van der Waals surface area contributed by atoms with Crippen LogP contribution in [0.4, 0.5) is 5.69 Å². The summed E-state index contributed by atoms with van der Waals surface area (Å²) in [6, 6.07) is 22.1. The Kier molecular flexibility index (Phi) is 7.22. The summed E-state index contributed by atoms with van der Waals surface area (Å²) in [4.78, 5) is 24.9. The molecule has 7 heteroatoms. The van der Waals surface area contributed by atoms with Crippen molar-refractivity contribution in [3.63, 3.8) is 0 Å². The average molecular weight is 529 g/mol. The first-order valence-corrected chi connectivity index (χ1v) is 10.2. The number of nitrogens with one attached hydrogen (secondary N) is 1. The van der Waals surface area contributed by atoms with Gasteiger partial charge in [-0.1, -0.05) is 35.9 Å². The molecular weight excluding hydrogens is 515 g/mol. The Morgan fingerprint density at radius 3 is 2.47 bits per heavy atom. The van der Waals surface area contributed by atoms with E-state index in [1.807, 2.05) is 12.1 Å².